The zero-order chi connectivity index (χ0) is 16.5. The van der Waals surface area contributed by atoms with Crippen molar-refractivity contribution in [2.24, 2.45) is 0 Å². The second-order valence-electron chi connectivity index (χ2n) is 5.89. The number of rotatable bonds is 3. The topological polar surface area (TPSA) is 71.0 Å². The first-order valence-corrected chi connectivity index (χ1v) is 8.70. The Bertz CT molecular complexity index is 879. The highest BCUT2D eigenvalue weighted by Gasteiger charge is 2.28. The smallest absolute Gasteiger partial charge is 0.272 e. The lowest BCUT2D eigenvalue weighted by Crippen LogP contribution is -2.32. The minimum Gasteiger partial charge on any atom is -0.365 e. The van der Waals surface area contributed by atoms with Crippen LogP contribution in [0.3, 0.4) is 0 Å². The zero-order valence-electron chi connectivity index (χ0n) is 13.3. The highest BCUT2D eigenvalue weighted by Crippen LogP contribution is 2.28. The second-order valence-corrected chi connectivity index (χ2v) is 7.13. The highest BCUT2D eigenvalue weighted by atomic mass is 32.1. The lowest BCUT2D eigenvalue weighted by Gasteiger charge is -2.17. The molecule has 1 saturated heterocycles. The summed E-state index contributed by atoms with van der Waals surface area (Å²) in [6.07, 6.45) is 4.13. The molecule has 122 valence electrons. The van der Waals surface area contributed by atoms with E-state index in [0.717, 1.165) is 29.0 Å². The molecule has 1 N–H and O–H groups in total. The molecule has 0 bridgehead atoms. The number of thiophene rings is 1. The maximum Gasteiger partial charge on any atom is 0.272 e. The summed E-state index contributed by atoms with van der Waals surface area (Å²) in [5.41, 5.74) is 0.496. The van der Waals surface area contributed by atoms with Crippen LogP contribution in [0.4, 0.5) is 5.82 Å². The molecule has 0 saturated carbocycles. The van der Waals surface area contributed by atoms with Crippen LogP contribution in [0.15, 0.2) is 36.8 Å². The fraction of sp³-hybridized carbons (Fsp3) is 0.294. The minimum atomic E-state index is -0.0147. The van der Waals surface area contributed by atoms with E-state index in [9.17, 15) is 4.79 Å². The third-order valence-corrected chi connectivity index (χ3v) is 5.11. The van der Waals surface area contributed by atoms with Crippen LogP contribution in [-0.4, -0.2) is 44.9 Å². The van der Waals surface area contributed by atoms with Gasteiger partial charge in [-0.1, -0.05) is 6.07 Å². The van der Waals surface area contributed by atoms with Crippen molar-refractivity contribution in [3.63, 3.8) is 0 Å². The first-order valence-electron chi connectivity index (χ1n) is 7.89. The lowest BCUT2D eigenvalue weighted by atomic mass is 10.2. The van der Waals surface area contributed by atoms with Crippen molar-refractivity contribution < 1.29 is 4.79 Å². The van der Waals surface area contributed by atoms with E-state index in [0.29, 0.717) is 12.2 Å². The first kappa shape index (κ1) is 15.0. The van der Waals surface area contributed by atoms with Gasteiger partial charge in [-0.25, -0.2) is 9.97 Å². The molecule has 0 aliphatic carbocycles. The number of aryl methyl sites for hydroxylation is 1. The van der Waals surface area contributed by atoms with Crippen molar-refractivity contribution >= 4 is 33.3 Å². The van der Waals surface area contributed by atoms with Gasteiger partial charge in [0.15, 0.2) is 0 Å². The molecule has 3 aromatic rings. The molecule has 0 aromatic carbocycles. The van der Waals surface area contributed by atoms with E-state index in [4.69, 9.17) is 0 Å². The van der Waals surface area contributed by atoms with Crippen LogP contribution in [0.2, 0.25) is 0 Å². The van der Waals surface area contributed by atoms with Crippen molar-refractivity contribution in [3.05, 3.63) is 47.4 Å². The first-order chi connectivity index (χ1) is 11.7. The molecule has 1 aliphatic heterocycles. The molecule has 0 unspecified atom stereocenters. The molecule has 4 rings (SSSR count). The number of hydrogen-bond acceptors (Lipinski definition) is 6. The number of carbonyl (C=O) groups is 1. The van der Waals surface area contributed by atoms with E-state index in [1.807, 2.05) is 17.0 Å². The van der Waals surface area contributed by atoms with E-state index >= 15 is 0 Å². The highest BCUT2D eigenvalue weighted by molar-refractivity contribution is 7.18. The van der Waals surface area contributed by atoms with Crippen LogP contribution in [0.25, 0.3) is 10.2 Å². The number of likely N-dealkylation sites (tertiary alicyclic amines) is 1. The summed E-state index contributed by atoms with van der Waals surface area (Å²) in [7, 11) is 0. The predicted molar refractivity (Wildman–Crippen MR) is 94.3 cm³/mol. The van der Waals surface area contributed by atoms with Crippen LogP contribution in [0, 0.1) is 6.92 Å². The standard InChI is InChI=1S/C17H17N5OS/c1-11-8-13-15(19-10-20-16(13)24-11)21-12-5-7-22(9-12)17(23)14-4-2-3-6-18-14/h2-4,6,8,10,12H,5,7,9H2,1H3,(H,19,20,21)/t12-/m1/s1. The SMILES string of the molecule is Cc1cc2c(N[C@@H]3CCN(C(=O)c4ccccn4)C3)ncnc2s1. The minimum absolute atomic E-state index is 0.0147. The molecular weight excluding hydrogens is 322 g/mol. The van der Waals surface area contributed by atoms with Gasteiger partial charge < -0.3 is 10.2 Å². The molecule has 1 amide bonds. The van der Waals surface area contributed by atoms with Crippen LogP contribution >= 0.6 is 11.3 Å². The fourth-order valence-electron chi connectivity index (χ4n) is 3.00. The molecule has 3 aromatic heterocycles. The van der Waals surface area contributed by atoms with Crippen LogP contribution in [-0.2, 0) is 0 Å². The van der Waals surface area contributed by atoms with Gasteiger partial charge in [-0.3, -0.25) is 9.78 Å². The molecule has 4 heterocycles. The Morgan fingerprint density at radius 1 is 1.33 bits per heavy atom. The van der Waals surface area contributed by atoms with E-state index in [1.54, 1.807) is 29.9 Å². The van der Waals surface area contributed by atoms with Crippen LogP contribution in [0.5, 0.6) is 0 Å². The molecule has 1 aliphatic rings. The maximum atomic E-state index is 12.5. The number of nitrogens with one attached hydrogen (secondary N) is 1. The number of anilines is 1. The molecule has 7 heteroatoms. The van der Waals surface area contributed by atoms with E-state index in [1.165, 1.54) is 4.88 Å². The fourth-order valence-corrected chi connectivity index (χ4v) is 3.85. The third-order valence-electron chi connectivity index (χ3n) is 4.15. The average molecular weight is 339 g/mol. The average Bonchev–Trinajstić information content (AvgIpc) is 3.21. The van der Waals surface area contributed by atoms with Gasteiger partial charge in [-0.15, -0.1) is 11.3 Å². The number of nitrogens with zero attached hydrogens (tertiary/aromatic N) is 4. The van der Waals surface area contributed by atoms with Crippen molar-refractivity contribution in [3.8, 4) is 0 Å². The van der Waals surface area contributed by atoms with Gasteiger partial charge in [0.1, 0.15) is 22.7 Å². The van der Waals surface area contributed by atoms with Gasteiger partial charge >= 0.3 is 0 Å². The Balaban J connectivity index is 1.48. The van der Waals surface area contributed by atoms with Crippen molar-refractivity contribution in [2.75, 3.05) is 18.4 Å². The Labute approximate surface area is 143 Å². The molecule has 6 nitrogen and oxygen atoms in total. The van der Waals surface area contributed by atoms with E-state index in [2.05, 4.69) is 33.3 Å². The number of amides is 1. The zero-order valence-corrected chi connectivity index (χ0v) is 14.1. The number of hydrogen-bond donors (Lipinski definition) is 1. The number of fused-ring (bicyclic) bond motifs is 1. The molecule has 0 spiro atoms. The Kier molecular flexibility index (Phi) is 3.86. The predicted octanol–water partition coefficient (Wildman–Crippen LogP) is 2.72. The van der Waals surface area contributed by atoms with E-state index in [-0.39, 0.29) is 11.9 Å². The number of pyridine rings is 1. The largest absolute Gasteiger partial charge is 0.365 e. The second kappa shape index (κ2) is 6.16. The van der Waals surface area contributed by atoms with Crippen LogP contribution in [0.1, 0.15) is 21.8 Å². The Hall–Kier alpha value is -2.54. The summed E-state index contributed by atoms with van der Waals surface area (Å²) < 4.78 is 0. The number of aromatic nitrogens is 3. The molecule has 0 radical (unpaired) electrons. The summed E-state index contributed by atoms with van der Waals surface area (Å²) >= 11 is 1.66. The quantitative estimate of drug-likeness (QED) is 0.794. The van der Waals surface area contributed by atoms with Gasteiger partial charge in [-0.05, 0) is 31.5 Å². The van der Waals surface area contributed by atoms with Crippen molar-refractivity contribution in [2.45, 2.75) is 19.4 Å². The maximum absolute atomic E-state index is 12.5. The monoisotopic (exact) mass is 339 g/mol. The van der Waals surface area contributed by atoms with Gasteiger partial charge in [0, 0.05) is 30.2 Å². The third kappa shape index (κ3) is 2.82. The summed E-state index contributed by atoms with van der Waals surface area (Å²) in [6, 6.07) is 7.70. The van der Waals surface area contributed by atoms with Gasteiger partial charge in [-0.2, -0.15) is 0 Å². The van der Waals surface area contributed by atoms with Crippen LogP contribution < -0.4 is 5.32 Å². The summed E-state index contributed by atoms with van der Waals surface area (Å²) in [4.78, 5) is 29.4. The molecular formula is C17H17N5OS. The summed E-state index contributed by atoms with van der Waals surface area (Å²) in [6.45, 7) is 3.45. The van der Waals surface area contributed by atoms with Gasteiger partial charge in [0.05, 0.1) is 5.39 Å². The molecule has 1 fully saturated rings. The lowest BCUT2D eigenvalue weighted by molar-refractivity contribution is 0.0786. The Morgan fingerprint density at radius 3 is 3.08 bits per heavy atom. The van der Waals surface area contributed by atoms with Gasteiger partial charge in [0.2, 0.25) is 0 Å². The normalized spacial score (nSPS) is 17.4. The summed E-state index contributed by atoms with van der Waals surface area (Å²) in [5, 5.41) is 4.53. The van der Waals surface area contributed by atoms with Crippen molar-refractivity contribution in [1.29, 1.82) is 0 Å². The van der Waals surface area contributed by atoms with E-state index < -0.39 is 0 Å². The van der Waals surface area contributed by atoms with Gasteiger partial charge in [0.25, 0.3) is 5.91 Å². The molecule has 24 heavy (non-hydrogen) atoms. The molecule has 1 atom stereocenters. The Morgan fingerprint density at radius 2 is 2.25 bits per heavy atom. The van der Waals surface area contributed by atoms with Crippen molar-refractivity contribution in [1.82, 2.24) is 19.9 Å². The number of carbonyl (C=O) groups excluding carboxylic acids is 1. The summed E-state index contributed by atoms with van der Waals surface area (Å²) in [5.74, 6) is 0.834.